The molecule has 2 aliphatic rings. The fourth-order valence-corrected chi connectivity index (χ4v) is 2.70. The van der Waals surface area contributed by atoms with E-state index < -0.39 is 0 Å². The Kier molecular flexibility index (Phi) is 4.80. The maximum atomic E-state index is 5.99. The van der Waals surface area contributed by atoms with Gasteiger partial charge in [-0.1, -0.05) is 0 Å². The number of piperidine rings is 1. The Bertz CT molecular complexity index is 446. The predicted octanol–water partition coefficient (Wildman–Crippen LogP) is 2.25. The lowest BCUT2D eigenvalue weighted by Crippen LogP contribution is -2.46. The minimum absolute atomic E-state index is 0.439. The molecule has 2 heterocycles. The molecule has 0 amide bonds. The second-order valence-corrected chi connectivity index (χ2v) is 6.00. The lowest BCUT2D eigenvalue weighted by atomic mass is 10.1. The molecule has 1 N–H and O–H groups in total. The predicted molar refractivity (Wildman–Crippen MR) is 82.2 cm³/mol. The smallest absolute Gasteiger partial charge is 0.193 e. The van der Waals surface area contributed by atoms with Crippen LogP contribution in [0.5, 0.6) is 0 Å². The van der Waals surface area contributed by atoms with E-state index in [0.29, 0.717) is 6.10 Å². The van der Waals surface area contributed by atoms with E-state index in [4.69, 9.17) is 9.15 Å². The van der Waals surface area contributed by atoms with Crippen molar-refractivity contribution >= 4 is 5.96 Å². The highest BCUT2D eigenvalue weighted by molar-refractivity contribution is 5.79. The quantitative estimate of drug-likeness (QED) is 0.668. The second-order valence-electron chi connectivity index (χ2n) is 6.00. The van der Waals surface area contributed by atoms with Crippen LogP contribution in [0.25, 0.3) is 0 Å². The third-order valence-electron chi connectivity index (χ3n) is 4.25. The van der Waals surface area contributed by atoms with Gasteiger partial charge in [0.1, 0.15) is 0 Å². The number of ether oxygens (including phenoxy) is 1. The lowest BCUT2D eigenvalue weighted by Gasteiger charge is -2.34. The first-order chi connectivity index (χ1) is 10.3. The zero-order chi connectivity index (χ0) is 14.5. The van der Waals surface area contributed by atoms with Crippen LogP contribution in [-0.2, 0) is 11.3 Å². The first-order valence-corrected chi connectivity index (χ1v) is 7.93. The summed E-state index contributed by atoms with van der Waals surface area (Å²) in [5, 5.41) is 3.39. The van der Waals surface area contributed by atoms with Gasteiger partial charge in [-0.2, -0.15) is 0 Å². The highest BCUT2D eigenvalue weighted by Gasteiger charge is 2.26. The highest BCUT2D eigenvalue weighted by atomic mass is 16.5. The van der Waals surface area contributed by atoms with Crippen molar-refractivity contribution < 1.29 is 9.15 Å². The normalized spacial score (nSPS) is 20.8. The van der Waals surface area contributed by atoms with E-state index in [1.807, 2.05) is 13.1 Å². The molecule has 0 radical (unpaired) electrons. The summed E-state index contributed by atoms with van der Waals surface area (Å²) in [6.45, 7) is 3.75. The van der Waals surface area contributed by atoms with Crippen LogP contribution in [0, 0.1) is 5.92 Å². The first kappa shape index (κ1) is 14.4. The van der Waals surface area contributed by atoms with Gasteiger partial charge in [0.05, 0.1) is 18.6 Å². The topological polar surface area (TPSA) is 50.0 Å². The van der Waals surface area contributed by atoms with Gasteiger partial charge in [-0.15, -0.1) is 0 Å². The Morgan fingerprint density at radius 2 is 2.19 bits per heavy atom. The monoisotopic (exact) mass is 291 g/mol. The Hall–Kier alpha value is -1.49. The fourth-order valence-electron chi connectivity index (χ4n) is 2.70. The van der Waals surface area contributed by atoms with Crippen LogP contribution >= 0.6 is 0 Å². The molecular weight excluding hydrogens is 266 g/mol. The lowest BCUT2D eigenvalue weighted by molar-refractivity contribution is 0.0131. The van der Waals surface area contributed by atoms with E-state index >= 15 is 0 Å². The van der Waals surface area contributed by atoms with Crippen molar-refractivity contribution in [2.45, 2.75) is 38.3 Å². The molecule has 3 rings (SSSR count). The molecule has 5 nitrogen and oxygen atoms in total. The van der Waals surface area contributed by atoms with E-state index in [9.17, 15) is 0 Å². The molecule has 1 aromatic heterocycles. The maximum absolute atomic E-state index is 5.99. The average molecular weight is 291 g/mol. The zero-order valence-corrected chi connectivity index (χ0v) is 12.8. The van der Waals surface area contributed by atoms with Gasteiger partial charge in [0.25, 0.3) is 0 Å². The Morgan fingerprint density at radius 1 is 1.38 bits per heavy atom. The summed E-state index contributed by atoms with van der Waals surface area (Å²) in [7, 11) is 1.84. The summed E-state index contributed by atoms with van der Waals surface area (Å²) in [5.41, 5.74) is 1.14. The molecule has 1 aromatic rings. The van der Waals surface area contributed by atoms with Crippen LogP contribution in [0.15, 0.2) is 28.0 Å². The average Bonchev–Trinajstić information content (AvgIpc) is 3.21. The number of guanidine groups is 1. The van der Waals surface area contributed by atoms with Gasteiger partial charge >= 0.3 is 0 Å². The van der Waals surface area contributed by atoms with Crippen molar-refractivity contribution in [3.63, 3.8) is 0 Å². The molecule has 1 aliphatic heterocycles. The fraction of sp³-hybridized carbons (Fsp3) is 0.688. The molecule has 1 saturated heterocycles. The third kappa shape index (κ3) is 4.24. The SMILES string of the molecule is CN=C(NCc1ccoc1)N1CCC(OCC2CC2)CC1. The second kappa shape index (κ2) is 6.98. The zero-order valence-electron chi connectivity index (χ0n) is 12.8. The standard InChI is InChI=1S/C16H25N3O2/c1-17-16(18-10-14-6-9-20-11-14)19-7-4-15(5-8-19)21-12-13-2-3-13/h6,9,11,13,15H,2-5,7-8,10,12H2,1H3,(H,17,18). The molecule has 21 heavy (non-hydrogen) atoms. The molecule has 0 unspecified atom stereocenters. The minimum atomic E-state index is 0.439. The van der Waals surface area contributed by atoms with Gasteiger partial charge in [0.2, 0.25) is 0 Å². The summed E-state index contributed by atoms with van der Waals surface area (Å²) in [5.74, 6) is 1.82. The van der Waals surface area contributed by atoms with E-state index in [1.165, 1.54) is 12.8 Å². The van der Waals surface area contributed by atoms with E-state index in [2.05, 4.69) is 15.2 Å². The number of hydrogen-bond acceptors (Lipinski definition) is 3. The van der Waals surface area contributed by atoms with E-state index in [0.717, 1.165) is 56.5 Å². The van der Waals surface area contributed by atoms with Crippen LogP contribution in [0.2, 0.25) is 0 Å². The Labute approximate surface area is 126 Å². The summed E-state index contributed by atoms with van der Waals surface area (Å²) in [6, 6.07) is 1.97. The molecule has 1 saturated carbocycles. The molecule has 0 aromatic carbocycles. The van der Waals surface area contributed by atoms with Crippen molar-refractivity contribution in [3.05, 3.63) is 24.2 Å². The van der Waals surface area contributed by atoms with Gasteiger partial charge in [0, 0.05) is 38.9 Å². The van der Waals surface area contributed by atoms with Crippen LogP contribution < -0.4 is 5.32 Å². The number of aliphatic imine (C=N–C) groups is 1. The third-order valence-corrected chi connectivity index (χ3v) is 4.25. The summed E-state index contributed by atoms with van der Waals surface area (Å²) >= 11 is 0. The summed E-state index contributed by atoms with van der Waals surface area (Å²) in [4.78, 5) is 6.70. The number of nitrogens with one attached hydrogen (secondary N) is 1. The Balaban J connectivity index is 1.40. The van der Waals surface area contributed by atoms with Gasteiger partial charge < -0.3 is 19.4 Å². The molecule has 0 bridgehead atoms. The van der Waals surface area contributed by atoms with Crippen molar-refractivity contribution in [3.8, 4) is 0 Å². The Morgan fingerprint density at radius 3 is 2.81 bits per heavy atom. The highest BCUT2D eigenvalue weighted by Crippen LogP contribution is 2.30. The summed E-state index contributed by atoms with van der Waals surface area (Å²) in [6.07, 6.45) is 8.82. The molecule has 2 fully saturated rings. The van der Waals surface area contributed by atoms with Crippen LogP contribution in [-0.4, -0.2) is 43.7 Å². The largest absolute Gasteiger partial charge is 0.472 e. The van der Waals surface area contributed by atoms with Crippen LogP contribution in [0.4, 0.5) is 0 Å². The number of rotatable bonds is 5. The van der Waals surface area contributed by atoms with Crippen molar-refractivity contribution in [2.24, 2.45) is 10.9 Å². The van der Waals surface area contributed by atoms with Crippen LogP contribution in [0.3, 0.4) is 0 Å². The maximum Gasteiger partial charge on any atom is 0.193 e. The van der Waals surface area contributed by atoms with Gasteiger partial charge in [-0.3, -0.25) is 4.99 Å². The molecule has 116 valence electrons. The number of nitrogens with zero attached hydrogens (tertiary/aromatic N) is 2. The summed E-state index contributed by atoms with van der Waals surface area (Å²) < 4.78 is 11.1. The number of hydrogen-bond donors (Lipinski definition) is 1. The number of likely N-dealkylation sites (tertiary alicyclic amines) is 1. The molecule has 5 heteroatoms. The van der Waals surface area contributed by atoms with Crippen molar-refractivity contribution in [2.75, 3.05) is 26.7 Å². The molecular formula is C16H25N3O2. The number of furan rings is 1. The molecule has 0 spiro atoms. The van der Waals surface area contributed by atoms with E-state index in [1.54, 1.807) is 12.5 Å². The first-order valence-electron chi connectivity index (χ1n) is 7.93. The molecule has 1 aliphatic carbocycles. The molecule has 0 atom stereocenters. The van der Waals surface area contributed by atoms with Crippen molar-refractivity contribution in [1.82, 2.24) is 10.2 Å². The van der Waals surface area contributed by atoms with E-state index in [-0.39, 0.29) is 0 Å². The van der Waals surface area contributed by atoms with Crippen LogP contribution in [0.1, 0.15) is 31.2 Å². The van der Waals surface area contributed by atoms with Crippen molar-refractivity contribution in [1.29, 1.82) is 0 Å². The minimum Gasteiger partial charge on any atom is -0.472 e. The van der Waals surface area contributed by atoms with Gasteiger partial charge in [-0.25, -0.2) is 0 Å². The van der Waals surface area contributed by atoms with Gasteiger partial charge in [-0.05, 0) is 37.7 Å². The van der Waals surface area contributed by atoms with Gasteiger partial charge in [0.15, 0.2) is 5.96 Å².